The molecule has 1 aliphatic heterocycles. The Morgan fingerprint density at radius 1 is 1.04 bits per heavy atom. The van der Waals surface area contributed by atoms with Crippen LogP contribution < -0.4 is 0 Å². The zero-order valence-corrected chi connectivity index (χ0v) is 15.1. The van der Waals surface area contributed by atoms with Gasteiger partial charge in [0.15, 0.2) is 11.6 Å². The Labute approximate surface area is 154 Å². The van der Waals surface area contributed by atoms with Crippen LogP contribution in [0.3, 0.4) is 0 Å². The summed E-state index contributed by atoms with van der Waals surface area (Å²) < 4.78 is 58.6. The molecular weight excluding hydrogens is 395 g/mol. The molecule has 134 valence electrons. The van der Waals surface area contributed by atoms with Crippen molar-refractivity contribution in [2.45, 2.75) is 11.0 Å². The highest BCUT2D eigenvalue weighted by Gasteiger charge is 2.32. The van der Waals surface area contributed by atoms with E-state index in [0.29, 0.717) is 21.7 Å². The molecule has 1 saturated heterocycles. The van der Waals surface area contributed by atoms with Crippen molar-refractivity contribution in [1.82, 2.24) is 4.31 Å². The Morgan fingerprint density at radius 2 is 1.72 bits per heavy atom. The third-order valence-corrected chi connectivity index (χ3v) is 6.11. The second-order valence-electron chi connectivity index (χ2n) is 5.50. The van der Waals surface area contributed by atoms with Crippen LogP contribution in [0.1, 0.15) is 11.7 Å². The molecule has 0 saturated carbocycles. The lowest BCUT2D eigenvalue weighted by atomic mass is 10.1. The van der Waals surface area contributed by atoms with Gasteiger partial charge in [-0.2, -0.15) is 4.31 Å². The first-order valence-electron chi connectivity index (χ1n) is 7.30. The van der Waals surface area contributed by atoms with Gasteiger partial charge < -0.3 is 4.74 Å². The van der Waals surface area contributed by atoms with Crippen molar-refractivity contribution in [1.29, 1.82) is 0 Å². The normalized spacial score (nSPS) is 19.1. The van der Waals surface area contributed by atoms with Crippen molar-refractivity contribution in [3.63, 3.8) is 0 Å². The largest absolute Gasteiger partial charge is 0.371 e. The first-order chi connectivity index (χ1) is 11.8. The minimum Gasteiger partial charge on any atom is -0.371 e. The van der Waals surface area contributed by atoms with Gasteiger partial charge in [-0.05, 0) is 42.0 Å². The second kappa shape index (κ2) is 7.17. The fourth-order valence-corrected chi connectivity index (χ4v) is 4.57. The molecular formula is C16H13Cl2F2NO3S. The van der Waals surface area contributed by atoms with Gasteiger partial charge in [-0.15, -0.1) is 0 Å². The van der Waals surface area contributed by atoms with Crippen LogP contribution >= 0.6 is 23.2 Å². The topological polar surface area (TPSA) is 46.6 Å². The van der Waals surface area contributed by atoms with Crippen LogP contribution in [0.5, 0.6) is 0 Å². The summed E-state index contributed by atoms with van der Waals surface area (Å²) in [4.78, 5) is -0.309. The molecule has 0 spiro atoms. The number of benzene rings is 2. The van der Waals surface area contributed by atoms with Crippen LogP contribution in [-0.2, 0) is 14.8 Å². The maximum absolute atomic E-state index is 13.4. The third-order valence-electron chi connectivity index (χ3n) is 3.81. The molecule has 1 fully saturated rings. The summed E-state index contributed by atoms with van der Waals surface area (Å²) in [6.07, 6.45) is -0.565. The van der Waals surface area contributed by atoms with Gasteiger partial charge >= 0.3 is 0 Å². The van der Waals surface area contributed by atoms with Gasteiger partial charge in [0.25, 0.3) is 0 Å². The quantitative estimate of drug-likeness (QED) is 0.771. The monoisotopic (exact) mass is 407 g/mol. The van der Waals surface area contributed by atoms with Gasteiger partial charge in [-0.3, -0.25) is 0 Å². The lowest BCUT2D eigenvalue weighted by Crippen LogP contribution is -2.42. The van der Waals surface area contributed by atoms with E-state index >= 15 is 0 Å². The zero-order valence-electron chi connectivity index (χ0n) is 12.8. The van der Waals surface area contributed by atoms with Crippen molar-refractivity contribution in [3.8, 4) is 0 Å². The first kappa shape index (κ1) is 18.5. The molecule has 2 aromatic rings. The van der Waals surface area contributed by atoms with Gasteiger partial charge in [0, 0.05) is 23.1 Å². The number of morpholine rings is 1. The van der Waals surface area contributed by atoms with E-state index in [9.17, 15) is 17.2 Å². The Morgan fingerprint density at radius 3 is 2.36 bits per heavy atom. The van der Waals surface area contributed by atoms with Gasteiger partial charge in [0.05, 0.1) is 17.6 Å². The SMILES string of the molecule is O=S(=O)(c1ccc(F)c(F)c1)N1CCOC(c2cc(Cl)cc(Cl)c2)C1. The van der Waals surface area contributed by atoms with Crippen LogP contribution in [0.2, 0.25) is 10.0 Å². The summed E-state index contributed by atoms with van der Waals surface area (Å²) in [5, 5.41) is 0.818. The van der Waals surface area contributed by atoms with E-state index in [2.05, 4.69) is 0 Å². The van der Waals surface area contributed by atoms with E-state index in [4.69, 9.17) is 27.9 Å². The number of hydrogen-bond donors (Lipinski definition) is 0. The molecule has 1 atom stereocenters. The average molecular weight is 408 g/mol. The summed E-state index contributed by atoms with van der Waals surface area (Å²) >= 11 is 11.9. The van der Waals surface area contributed by atoms with Crippen molar-refractivity contribution in [2.75, 3.05) is 19.7 Å². The minimum atomic E-state index is -3.98. The van der Waals surface area contributed by atoms with Gasteiger partial charge in [-0.1, -0.05) is 23.2 Å². The Hall–Kier alpha value is -1.25. The van der Waals surface area contributed by atoms with Crippen LogP contribution in [-0.4, -0.2) is 32.4 Å². The summed E-state index contributed by atoms with van der Waals surface area (Å²) in [6, 6.07) is 7.35. The molecule has 3 rings (SSSR count). The molecule has 1 unspecified atom stereocenters. The summed E-state index contributed by atoms with van der Waals surface area (Å²) in [7, 11) is -3.98. The van der Waals surface area contributed by atoms with Crippen molar-refractivity contribution in [2.24, 2.45) is 0 Å². The lowest BCUT2D eigenvalue weighted by Gasteiger charge is -2.32. The Bertz CT molecular complexity index is 888. The third kappa shape index (κ3) is 3.96. The number of hydrogen-bond acceptors (Lipinski definition) is 3. The highest BCUT2D eigenvalue weighted by atomic mass is 35.5. The first-order valence-corrected chi connectivity index (χ1v) is 9.50. The molecule has 4 nitrogen and oxygen atoms in total. The molecule has 0 N–H and O–H groups in total. The maximum atomic E-state index is 13.4. The predicted molar refractivity (Wildman–Crippen MR) is 90.3 cm³/mol. The molecule has 9 heteroatoms. The fraction of sp³-hybridized carbons (Fsp3) is 0.250. The van der Waals surface area contributed by atoms with Crippen LogP contribution in [0.15, 0.2) is 41.3 Å². The molecule has 25 heavy (non-hydrogen) atoms. The lowest BCUT2D eigenvalue weighted by molar-refractivity contribution is -0.00255. The maximum Gasteiger partial charge on any atom is 0.243 e. The Kier molecular flexibility index (Phi) is 5.31. The number of halogens is 4. The zero-order chi connectivity index (χ0) is 18.2. The highest BCUT2D eigenvalue weighted by Crippen LogP contribution is 2.30. The standard InChI is InChI=1S/C16H13Cl2F2NO3S/c17-11-5-10(6-12(18)7-11)16-9-21(3-4-24-16)25(22,23)13-1-2-14(19)15(20)8-13/h1-2,5-8,16H,3-4,9H2. The van der Waals surface area contributed by atoms with Gasteiger partial charge in [0.1, 0.15) is 0 Å². The van der Waals surface area contributed by atoms with Gasteiger partial charge in [0.2, 0.25) is 10.0 Å². The fourth-order valence-electron chi connectivity index (χ4n) is 2.59. The van der Waals surface area contributed by atoms with Crippen molar-refractivity contribution in [3.05, 3.63) is 63.6 Å². The van der Waals surface area contributed by atoms with E-state index in [1.165, 1.54) is 4.31 Å². The number of nitrogens with zero attached hydrogens (tertiary/aromatic N) is 1. The van der Waals surface area contributed by atoms with Crippen LogP contribution in [0.25, 0.3) is 0 Å². The molecule has 2 aromatic carbocycles. The number of sulfonamides is 1. The Balaban J connectivity index is 1.88. The van der Waals surface area contributed by atoms with Crippen molar-refractivity contribution < 1.29 is 21.9 Å². The van der Waals surface area contributed by atoms with E-state index < -0.39 is 27.8 Å². The highest BCUT2D eigenvalue weighted by molar-refractivity contribution is 7.89. The van der Waals surface area contributed by atoms with E-state index in [-0.39, 0.29) is 24.6 Å². The van der Waals surface area contributed by atoms with Crippen molar-refractivity contribution >= 4 is 33.2 Å². The molecule has 0 aliphatic carbocycles. The molecule has 0 aromatic heterocycles. The number of rotatable bonds is 3. The molecule has 0 radical (unpaired) electrons. The summed E-state index contributed by atoms with van der Waals surface area (Å²) in [6.45, 7) is 0.266. The number of ether oxygens (including phenoxy) is 1. The van der Waals surface area contributed by atoms with E-state index in [0.717, 1.165) is 12.1 Å². The van der Waals surface area contributed by atoms with Crippen LogP contribution in [0, 0.1) is 11.6 Å². The average Bonchev–Trinajstić information content (AvgIpc) is 2.56. The minimum absolute atomic E-state index is 0.0119. The van der Waals surface area contributed by atoms with E-state index in [1.807, 2.05) is 0 Å². The molecule has 0 bridgehead atoms. The molecule has 1 heterocycles. The second-order valence-corrected chi connectivity index (χ2v) is 8.31. The summed E-state index contributed by atoms with van der Waals surface area (Å²) in [5.74, 6) is -2.32. The van der Waals surface area contributed by atoms with E-state index in [1.54, 1.807) is 18.2 Å². The molecule has 0 amide bonds. The van der Waals surface area contributed by atoms with Crippen LogP contribution in [0.4, 0.5) is 8.78 Å². The van der Waals surface area contributed by atoms with Gasteiger partial charge in [-0.25, -0.2) is 17.2 Å². The predicted octanol–water partition coefficient (Wildman–Crippen LogP) is 4.03. The summed E-state index contributed by atoms with van der Waals surface area (Å²) in [5.41, 5.74) is 0.641. The smallest absolute Gasteiger partial charge is 0.243 e. The molecule has 1 aliphatic rings.